The summed E-state index contributed by atoms with van der Waals surface area (Å²) < 4.78 is 23.9. The van der Waals surface area contributed by atoms with Gasteiger partial charge in [0.1, 0.15) is 0 Å². The van der Waals surface area contributed by atoms with Crippen LogP contribution in [-0.4, -0.2) is 34.3 Å². The molecule has 0 aliphatic rings. The Morgan fingerprint density at radius 1 is 0.875 bits per heavy atom. The molecule has 5 heteroatoms. The van der Waals surface area contributed by atoms with E-state index in [4.69, 9.17) is 0 Å². The molecule has 0 aliphatic carbocycles. The number of nitrogens with one attached hydrogen (secondary N) is 2. The molecule has 0 aromatic rings. The first-order valence-corrected chi connectivity index (χ1v) is 8.10. The van der Waals surface area contributed by atoms with Crippen molar-refractivity contribution in [2.45, 2.75) is 45.4 Å². The molecule has 0 atom stereocenters. The third kappa shape index (κ3) is 13.9. The van der Waals surface area contributed by atoms with Gasteiger partial charge < -0.3 is 5.32 Å². The van der Waals surface area contributed by atoms with Crippen molar-refractivity contribution in [3.05, 3.63) is 0 Å². The summed E-state index contributed by atoms with van der Waals surface area (Å²) in [6.45, 7) is 4.67. The summed E-state index contributed by atoms with van der Waals surface area (Å²) in [5.74, 6) is 0. The molecule has 0 amide bonds. The van der Waals surface area contributed by atoms with E-state index in [1.54, 1.807) is 0 Å². The largest absolute Gasteiger partial charge is 0.317 e. The van der Waals surface area contributed by atoms with Crippen LogP contribution in [0.25, 0.3) is 0 Å². The molecule has 0 spiro atoms. The minimum absolute atomic E-state index is 0.529. The van der Waals surface area contributed by atoms with E-state index in [2.05, 4.69) is 17.0 Å². The summed E-state index contributed by atoms with van der Waals surface area (Å²) in [4.78, 5) is 0. The average Bonchev–Trinajstić information content (AvgIpc) is 2.19. The number of hydrogen-bond acceptors (Lipinski definition) is 3. The second-order valence-electron chi connectivity index (χ2n) is 4.18. The van der Waals surface area contributed by atoms with Crippen molar-refractivity contribution in [3.8, 4) is 0 Å². The lowest BCUT2D eigenvalue weighted by Crippen LogP contribution is -2.26. The van der Waals surface area contributed by atoms with Crippen molar-refractivity contribution in [1.82, 2.24) is 10.0 Å². The third-order valence-electron chi connectivity index (χ3n) is 2.35. The van der Waals surface area contributed by atoms with Gasteiger partial charge in [-0.2, -0.15) is 0 Å². The van der Waals surface area contributed by atoms with Gasteiger partial charge in [-0.25, -0.2) is 13.1 Å². The molecular formula is C11H26N2O2S. The number of hydrogen-bond donors (Lipinski definition) is 2. The first-order valence-electron chi connectivity index (χ1n) is 6.21. The van der Waals surface area contributed by atoms with Gasteiger partial charge in [0.05, 0.1) is 6.26 Å². The van der Waals surface area contributed by atoms with Crippen molar-refractivity contribution < 1.29 is 8.42 Å². The van der Waals surface area contributed by atoms with E-state index in [0.29, 0.717) is 6.54 Å². The molecule has 0 rings (SSSR count). The van der Waals surface area contributed by atoms with E-state index in [0.717, 1.165) is 19.5 Å². The lowest BCUT2D eigenvalue weighted by atomic mass is 10.1. The predicted octanol–water partition coefficient (Wildman–Crippen LogP) is 1.49. The molecule has 0 heterocycles. The first-order chi connectivity index (χ1) is 7.56. The van der Waals surface area contributed by atoms with Gasteiger partial charge in [-0.15, -0.1) is 0 Å². The fourth-order valence-electron chi connectivity index (χ4n) is 1.45. The number of rotatable bonds is 11. The van der Waals surface area contributed by atoms with Crippen molar-refractivity contribution in [2.75, 3.05) is 25.9 Å². The molecule has 0 aromatic carbocycles. The minimum Gasteiger partial charge on any atom is -0.317 e. The van der Waals surface area contributed by atoms with Gasteiger partial charge in [-0.1, -0.05) is 32.6 Å². The topological polar surface area (TPSA) is 58.2 Å². The predicted molar refractivity (Wildman–Crippen MR) is 69.1 cm³/mol. The van der Waals surface area contributed by atoms with Gasteiger partial charge in [0.2, 0.25) is 10.0 Å². The SMILES string of the molecule is CCCCCCCNCCCNS(C)(=O)=O. The highest BCUT2D eigenvalue weighted by atomic mass is 32.2. The molecule has 0 bridgehead atoms. The first kappa shape index (κ1) is 15.9. The normalized spacial score (nSPS) is 11.9. The van der Waals surface area contributed by atoms with E-state index < -0.39 is 10.0 Å². The third-order valence-corrected chi connectivity index (χ3v) is 3.08. The molecule has 0 aliphatic heterocycles. The molecule has 0 unspecified atom stereocenters. The van der Waals surface area contributed by atoms with Gasteiger partial charge in [0.25, 0.3) is 0 Å². The van der Waals surface area contributed by atoms with Crippen LogP contribution < -0.4 is 10.0 Å². The molecule has 16 heavy (non-hydrogen) atoms. The standard InChI is InChI=1S/C11H26N2O2S/c1-3-4-5-6-7-9-12-10-8-11-13-16(2,14)15/h12-13H,3-11H2,1-2H3. The van der Waals surface area contributed by atoms with Crippen molar-refractivity contribution in [3.63, 3.8) is 0 Å². The molecule has 0 saturated heterocycles. The zero-order valence-corrected chi connectivity index (χ0v) is 11.4. The lowest BCUT2D eigenvalue weighted by molar-refractivity contribution is 0.563. The Morgan fingerprint density at radius 2 is 1.50 bits per heavy atom. The Morgan fingerprint density at radius 3 is 2.12 bits per heavy atom. The molecule has 4 nitrogen and oxygen atoms in total. The second-order valence-corrected chi connectivity index (χ2v) is 6.02. The lowest BCUT2D eigenvalue weighted by Gasteiger charge is -2.05. The monoisotopic (exact) mass is 250 g/mol. The molecular weight excluding hydrogens is 224 g/mol. The van der Waals surface area contributed by atoms with E-state index in [1.165, 1.54) is 38.4 Å². The number of sulfonamides is 1. The van der Waals surface area contributed by atoms with Crippen LogP contribution in [0.4, 0.5) is 0 Å². The van der Waals surface area contributed by atoms with E-state index in [-0.39, 0.29) is 0 Å². The van der Waals surface area contributed by atoms with Gasteiger partial charge in [-0.3, -0.25) is 0 Å². The van der Waals surface area contributed by atoms with Crippen LogP contribution >= 0.6 is 0 Å². The molecule has 0 aromatic heterocycles. The van der Waals surface area contributed by atoms with E-state index in [9.17, 15) is 8.42 Å². The zero-order valence-electron chi connectivity index (χ0n) is 10.6. The maximum atomic E-state index is 10.7. The summed E-state index contributed by atoms with van der Waals surface area (Å²) in [7, 11) is -3.01. The van der Waals surface area contributed by atoms with Gasteiger partial charge in [0.15, 0.2) is 0 Å². The summed E-state index contributed by atoms with van der Waals surface area (Å²) in [5, 5.41) is 3.31. The molecule has 0 radical (unpaired) electrons. The average molecular weight is 250 g/mol. The van der Waals surface area contributed by atoms with Gasteiger partial charge in [0, 0.05) is 6.54 Å². The maximum absolute atomic E-state index is 10.7. The summed E-state index contributed by atoms with van der Waals surface area (Å²) in [6.07, 6.45) is 8.49. The van der Waals surface area contributed by atoms with Crippen LogP contribution in [-0.2, 0) is 10.0 Å². The molecule has 2 N–H and O–H groups in total. The van der Waals surface area contributed by atoms with Crippen LogP contribution in [0.1, 0.15) is 45.4 Å². The Labute approximate surface area is 100 Å². The highest BCUT2D eigenvalue weighted by molar-refractivity contribution is 7.88. The van der Waals surface area contributed by atoms with Crippen molar-refractivity contribution in [1.29, 1.82) is 0 Å². The van der Waals surface area contributed by atoms with E-state index >= 15 is 0 Å². The smallest absolute Gasteiger partial charge is 0.208 e. The van der Waals surface area contributed by atoms with Crippen LogP contribution in [0.3, 0.4) is 0 Å². The Bertz CT molecular complexity index is 240. The Balaban J connectivity index is 3.05. The molecule has 0 fully saturated rings. The summed E-state index contributed by atoms with van der Waals surface area (Å²) in [5.41, 5.74) is 0. The van der Waals surface area contributed by atoms with Crippen molar-refractivity contribution >= 4 is 10.0 Å². The van der Waals surface area contributed by atoms with Gasteiger partial charge >= 0.3 is 0 Å². The fraction of sp³-hybridized carbons (Fsp3) is 1.00. The Hall–Kier alpha value is -0.130. The van der Waals surface area contributed by atoms with Gasteiger partial charge in [-0.05, 0) is 25.9 Å². The fourth-order valence-corrected chi connectivity index (χ4v) is 1.96. The van der Waals surface area contributed by atoms with Crippen LogP contribution in [0, 0.1) is 0 Å². The van der Waals surface area contributed by atoms with Crippen LogP contribution in [0.15, 0.2) is 0 Å². The van der Waals surface area contributed by atoms with Crippen LogP contribution in [0.2, 0.25) is 0 Å². The molecule has 0 saturated carbocycles. The van der Waals surface area contributed by atoms with Crippen molar-refractivity contribution in [2.24, 2.45) is 0 Å². The van der Waals surface area contributed by atoms with Crippen LogP contribution in [0.5, 0.6) is 0 Å². The summed E-state index contributed by atoms with van der Waals surface area (Å²) in [6, 6.07) is 0. The number of unbranched alkanes of at least 4 members (excludes halogenated alkanes) is 4. The minimum atomic E-state index is -3.01. The summed E-state index contributed by atoms with van der Waals surface area (Å²) >= 11 is 0. The second kappa shape index (κ2) is 10.1. The quantitative estimate of drug-likeness (QED) is 0.546. The highest BCUT2D eigenvalue weighted by Crippen LogP contribution is 2.00. The Kier molecular flexibility index (Phi) is 9.97. The highest BCUT2D eigenvalue weighted by Gasteiger charge is 1.97. The zero-order chi connectivity index (χ0) is 12.3. The molecule has 98 valence electrons. The van der Waals surface area contributed by atoms with E-state index in [1.807, 2.05) is 0 Å². The maximum Gasteiger partial charge on any atom is 0.208 e.